The second kappa shape index (κ2) is 9.64. The minimum absolute atomic E-state index is 0.00645. The molecular weight excluding hydrogens is 542 g/mol. The number of furan rings is 1. The van der Waals surface area contributed by atoms with Crippen LogP contribution in [0.5, 0.6) is 0 Å². The monoisotopic (exact) mass is 562 g/mol. The Labute approximate surface area is 228 Å². The molecule has 0 atom stereocenters. The third kappa shape index (κ3) is 4.09. The van der Waals surface area contributed by atoms with Gasteiger partial charge in [0.2, 0.25) is 0 Å². The number of aryl methyl sites for hydroxylation is 1. The van der Waals surface area contributed by atoms with Crippen LogP contribution in [0.15, 0.2) is 53.4 Å². The highest BCUT2D eigenvalue weighted by Crippen LogP contribution is 2.42. The highest BCUT2D eigenvalue weighted by atomic mass is 32.1. The number of carbonyl (C=O) groups excluding carboxylic acids is 2. The maximum absolute atomic E-state index is 13.6. The van der Waals surface area contributed by atoms with Crippen molar-refractivity contribution in [3.05, 3.63) is 70.9 Å². The van der Waals surface area contributed by atoms with Crippen molar-refractivity contribution in [3.8, 4) is 22.6 Å². The van der Waals surface area contributed by atoms with Gasteiger partial charge in [0.05, 0.1) is 23.8 Å². The lowest BCUT2D eigenvalue weighted by Crippen LogP contribution is -2.17. The number of primary amides is 1. The van der Waals surface area contributed by atoms with Crippen LogP contribution in [0.2, 0.25) is 0 Å². The number of amides is 2. The number of pyridine rings is 1. The van der Waals surface area contributed by atoms with Gasteiger partial charge < -0.3 is 15.5 Å². The summed E-state index contributed by atoms with van der Waals surface area (Å²) in [6.07, 6.45) is 1.85. The number of aromatic nitrogens is 6. The van der Waals surface area contributed by atoms with E-state index >= 15 is 0 Å². The molecule has 0 unspecified atom stereocenters. The van der Waals surface area contributed by atoms with Crippen LogP contribution in [0, 0.1) is 6.92 Å². The topological polar surface area (TPSA) is 146 Å². The molecule has 202 valence electrons. The lowest BCUT2D eigenvalue weighted by Gasteiger charge is -2.08. The Hall–Kier alpha value is -4.98. The van der Waals surface area contributed by atoms with Crippen LogP contribution in [-0.4, -0.2) is 41.2 Å². The number of nitrogens with two attached hydrogens (primary N) is 1. The van der Waals surface area contributed by atoms with E-state index < -0.39 is 23.9 Å². The number of alkyl halides is 2. The summed E-state index contributed by atoms with van der Waals surface area (Å²) in [6.45, 7) is 4.61. The Balaban J connectivity index is 1.47. The molecule has 0 radical (unpaired) electrons. The van der Waals surface area contributed by atoms with Crippen molar-refractivity contribution in [2.75, 3.05) is 5.32 Å². The fourth-order valence-corrected chi connectivity index (χ4v) is 5.57. The molecule has 3 N–H and O–H groups in total. The van der Waals surface area contributed by atoms with E-state index in [9.17, 15) is 18.4 Å². The molecule has 0 aliphatic carbocycles. The van der Waals surface area contributed by atoms with Crippen LogP contribution in [0.25, 0.3) is 38.4 Å². The van der Waals surface area contributed by atoms with Crippen LogP contribution in [-0.2, 0) is 6.54 Å². The highest BCUT2D eigenvalue weighted by Gasteiger charge is 2.27. The van der Waals surface area contributed by atoms with Crippen LogP contribution in [0.4, 0.5) is 14.5 Å². The molecule has 14 heteroatoms. The van der Waals surface area contributed by atoms with E-state index in [1.54, 1.807) is 30.6 Å². The Morgan fingerprint density at radius 2 is 2.05 bits per heavy atom. The number of carbonyl (C=O) groups is 2. The van der Waals surface area contributed by atoms with Gasteiger partial charge in [-0.25, -0.2) is 23.3 Å². The van der Waals surface area contributed by atoms with Gasteiger partial charge >= 0.3 is 0 Å². The first-order valence-corrected chi connectivity index (χ1v) is 12.9. The first-order valence-electron chi connectivity index (χ1n) is 12.0. The maximum atomic E-state index is 13.6. The summed E-state index contributed by atoms with van der Waals surface area (Å²) in [4.78, 5) is 34.2. The zero-order valence-electron chi connectivity index (χ0n) is 21.1. The van der Waals surface area contributed by atoms with E-state index in [1.807, 2.05) is 18.5 Å². The van der Waals surface area contributed by atoms with E-state index in [2.05, 4.69) is 25.5 Å². The third-order valence-corrected chi connectivity index (χ3v) is 7.52. The van der Waals surface area contributed by atoms with Crippen LogP contribution < -0.4 is 11.1 Å². The fraction of sp³-hybridized carbons (Fsp3) is 0.154. The van der Waals surface area contributed by atoms with Crippen molar-refractivity contribution >= 4 is 44.7 Å². The molecule has 0 saturated heterocycles. The van der Waals surface area contributed by atoms with Crippen molar-refractivity contribution in [3.63, 3.8) is 0 Å². The van der Waals surface area contributed by atoms with Gasteiger partial charge in [-0.15, -0.1) is 11.3 Å². The Morgan fingerprint density at radius 3 is 2.73 bits per heavy atom. The van der Waals surface area contributed by atoms with Crippen molar-refractivity contribution in [1.82, 2.24) is 29.4 Å². The minimum atomic E-state index is -2.87. The van der Waals surface area contributed by atoms with Gasteiger partial charge in [0.25, 0.3) is 18.2 Å². The van der Waals surface area contributed by atoms with E-state index in [4.69, 9.17) is 10.2 Å². The molecule has 0 saturated carbocycles. The molecule has 0 aliphatic rings. The van der Waals surface area contributed by atoms with E-state index in [1.165, 1.54) is 22.9 Å². The molecule has 2 amide bonds. The standard InChI is InChI=1S/C26H20F2N8O3S/c1-3-35-12(2)14(11-31-35)17-6-7-30-19-10-16(34-36(17)19)25(38)33-21-20-13(18-5-4-8-39-18)9-15(23(27)28)32-26(20)40-22(21)24(29)37/h4-11,23H,3H2,1-2H3,(H2,29,37)(H,33,38). The minimum Gasteiger partial charge on any atom is -0.464 e. The number of nitrogens with one attached hydrogen (secondary N) is 1. The van der Waals surface area contributed by atoms with Gasteiger partial charge in [0, 0.05) is 41.0 Å². The van der Waals surface area contributed by atoms with Crippen molar-refractivity contribution in [2.45, 2.75) is 26.8 Å². The largest absolute Gasteiger partial charge is 0.464 e. The first-order chi connectivity index (χ1) is 19.3. The predicted octanol–water partition coefficient (Wildman–Crippen LogP) is 5.08. The van der Waals surface area contributed by atoms with E-state index in [-0.39, 0.29) is 37.8 Å². The van der Waals surface area contributed by atoms with Gasteiger partial charge in [-0.3, -0.25) is 14.3 Å². The Bertz CT molecular complexity index is 1920. The summed E-state index contributed by atoms with van der Waals surface area (Å²) < 4.78 is 36.1. The third-order valence-electron chi connectivity index (χ3n) is 6.42. The van der Waals surface area contributed by atoms with Gasteiger partial charge in [0.15, 0.2) is 11.3 Å². The lowest BCUT2D eigenvalue weighted by molar-refractivity contribution is 0.100. The number of thiophene rings is 1. The summed E-state index contributed by atoms with van der Waals surface area (Å²) in [5.74, 6) is -1.27. The number of anilines is 1. The second-order valence-electron chi connectivity index (χ2n) is 8.77. The van der Waals surface area contributed by atoms with Crippen molar-refractivity contribution in [2.24, 2.45) is 5.73 Å². The molecule has 0 bridgehead atoms. The summed E-state index contributed by atoms with van der Waals surface area (Å²) in [6, 6.07) is 7.60. The maximum Gasteiger partial charge on any atom is 0.280 e. The average molecular weight is 563 g/mol. The molecule has 0 aromatic carbocycles. The fourth-order valence-electron chi connectivity index (χ4n) is 4.55. The normalized spacial score (nSPS) is 11.6. The summed E-state index contributed by atoms with van der Waals surface area (Å²) in [7, 11) is 0. The highest BCUT2D eigenvalue weighted by molar-refractivity contribution is 7.21. The summed E-state index contributed by atoms with van der Waals surface area (Å²) >= 11 is 0.800. The first kappa shape index (κ1) is 25.3. The molecular formula is C26H20F2N8O3S. The van der Waals surface area contributed by atoms with E-state index in [0.717, 1.165) is 22.6 Å². The molecule has 6 rings (SSSR count). The molecule has 0 spiro atoms. The number of nitrogens with zero attached hydrogens (tertiary/aromatic N) is 6. The molecule has 11 nitrogen and oxygen atoms in total. The number of fused-ring (bicyclic) bond motifs is 2. The number of hydrogen-bond acceptors (Lipinski definition) is 8. The summed E-state index contributed by atoms with van der Waals surface area (Å²) in [5, 5.41) is 11.8. The quantitative estimate of drug-likeness (QED) is 0.276. The molecule has 6 heterocycles. The van der Waals surface area contributed by atoms with Gasteiger partial charge in [-0.1, -0.05) is 0 Å². The van der Waals surface area contributed by atoms with Crippen molar-refractivity contribution in [1.29, 1.82) is 0 Å². The summed E-state index contributed by atoms with van der Waals surface area (Å²) in [5.41, 5.74) is 8.22. The SMILES string of the molecule is CCn1ncc(-c2ccnc3cc(C(=O)Nc4c(C(N)=O)sc5nc(C(F)F)cc(-c6ccco6)c45)nn23)c1C. The zero-order chi connectivity index (χ0) is 28.1. The molecule has 0 aliphatic heterocycles. The van der Waals surface area contributed by atoms with E-state index in [0.29, 0.717) is 17.9 Å². The van der Waals surface area contributed by atoms with Crippen LogP contribution >= 0.6 is 11.3 Å². The average Bonchev–Trinajstić information content (AvgIpc) is 3.73. The molecule has 0 fully saturated rings. The number of rotatable bonds is 7. The van der Waals surface area contributed by atoms with Gasteiger partial charge in [-0.2, -0.15) is 10.2 Å². The zero-order valence-corrected chi connectivity index (χ0v) is 21.9. The lowest BCUT2D eigenvalue weighted by atomic mass is 10.1. The molecule has 6 aromatic heterocycles. The molecule has 40 heavy (non-hydrogen) atoms. The molecule has 6 aromatic rings. The van der Waals surface area contributed by atoms with Crippen molar-refractivity contribution < 1.29 is 22.8 Å². The van der Waals surface area contributed by atoms with Crippen LogP contribution in [0.1, 0.15) is 44.9 Å². The van der Waals surface area contributed by atoms with Gasteiger partial charge in [0.1, 0.15) is 21.2 Å². The van der Waals surface area contributed by atoms with Gasteiger partial charge in [-0.05, 0) is 38.1 Å². The second-order valence-corrected chi connectivity index (χ2v) is 9.77. The van der Waals surface area contributed by atoms with Crippen LogP contribution in [0.3, 0.4) is 0 Å². The Morgan fingerprint density at radius 1 is 1.23 bits per heavy atom. The Kier molecular flexibility index (Phi) is 6.10. The number of hydrogen-bond donors (Lipinski definition) is 2. The number of halogens is 2. The smallest absolute Gasteiger partial charge is 0.280 e. The predicted molar refractivity (Wildman–Crippen MR) is 143 cm³/mol.